The molecule has 7 nitrogen and oxygen atoms in total. The smallest absolute Gasteiger partial charge is 0.337 e. The standard InChI is InChI=1S/C31H34F3N5O2/c1-19-8-9-21(16-19)26(40)6-4-3-5-7-27(41)23-11-10-22(17-20(23)2)38-29-30-37-18-25(39(30)15-14-36-29)24-12-13-35-28(24)31(32,33)34/h10-12,14-15,17-19,21H,3-9,13,16H2,1-2H3,(H,36,38)/t19-,21-/m0/s1. The van der Waals surface area contributed by atoms with Gasteiger partial charge in [-0.3, -0.25) is 19.0 Å². The van der Waals surface area contributed by atoms with Gasteiger partial charge in [-0.1, -0.05) is 19.4 Å². The molecule has 2 aliphatic rings. The first-order valence-electron chi connectivity index (χ1n) is 14.2. The molecule has 5 rings (SSSR count). The van der Waals surface area contributed by atoms with Gasteiger partial charge in [0.05, 0.1) is 18.4 Å². The Morgan fingerprint density at radius 2 is 1.90 bits per heavy atom. The molecule has 0 amide bonds. The van der Waals surface area contributed by atoms with E-state index in [-0.39, 0.29) is 29.5 Å². The topological polar surface area (TPSA) is 88.7 Å². The van der Waals surface area contributed by atoms with Crippen molar-refractivity contribution in [2.24, 2.45) is 16.8 Å². The number of hydrogen-bond acceptors (Lipinski definition) is 6. The zero-order valence-electron chi connectivity index (χ0n) is 23.3. The monoisotopic (exact) mass is 565 g/mol. The molecule has 3 aromatic rings. The Labute approximate surface area is 237 Å². The fourth-order valence-electron chi connectivity index (χ4n) is 5.88. The summed E-state index contributed by atoms with van der Waals surface area (Å²) in [5, 5.41) is 3.19. The van der Waals surface area contributed by atoms with E-state index in [1.54, 1.807) is 22.7 Å². The number of fused-ring (bicyclic) bond motifs is 1. The molecule has 0 saturated heterocycles. The molecule has 1 aliphatic carbocycles. The SMILES string of the molecule is Cc1cc(Nc2nccn3c(C4=CCN=C4C(F)(F)F)cnc23)ccc1C(=O)CCCCCC(=O)[C@H]1CC[C@H](C)C1. The number of rotatable bonds is 11. The van der Waals surface area contributed by atoms with Crippen LogP contribution in [0.5, 0.6) is 0 Å². The number of carbonyl (C=O) groups is 2. The molecule has 10 heteroatoms. The zero-order valence-corrected chi connectivity index (χ0v) is 23.3. The summed E-state index contributed by atoms with van der Waals surface area (Å²) < 4.78 is 41.8. The fourth-order valence-corrected chi connectivity index (χ4v) is 5.88. The average Bonchev–Trinajstić information content (AvgIpc) is 3.68. The van der Waals surface area contributed by atoms with Gasteiger partial charge in [0.15, 0.2) is 17.2 Å². The number of imidazole rings is 1. The lowest BCUT2D eigenvalue weighted by atomic mass is 9.95. The maximum absolute atomic E-state index is 13.4. The van der Waals surface area contributed by atoms with Gasteiger partial charge in [0, 0.05) is 48.0 Å². The predicted molar refractivity (Wildman–Crippen MR) is 153 cm³/mol. The summed E-state index contributed by atoms with van der Waals surface area (Å²) >= 11 is 0. The minimum absolute atomic E-state index is 0.00379. The summed E-state index contributed by atoms with van der Waals surface area (Å²) in [5.41, 5.74) is 1.88. The summed E-state index contributed by atoms with van der Waals surface area (Å²) in [4.78, 5) is 37.5. The van der Waals surface area contributed by atoms with Gasteiger partial charge in [-0.15, -0.1) is 0 Å². The molecule has 0 bridgehead atoms. The number of aromatic nitrogens is 3. The Morgan fingerprint density at radius 1 is 1.10 bits per heavy atom. The number of anilines is 2. The highest BCUT2D eigenvalue weighted by molar-refractivity contribution is 6.27. The number of unbranched alkanes of at least 4 members (excludes halogenated alkanes) is 2. The number of hydrogen-bond donors (Lipinski definition) is 1. The first-order valence-corrected chi connectivity index (χ1v) is 14.2. The molecule has 1 saturated carbocycles. The molecular weight excluding hydrogens is 531 g/mol. The molecule has 0 unspecified atom stereocenters. The second-order valence-corrected chi connectivity index (χ2v) is 11.1. The molecule has 41 heavy (non-hydrogen) atoms. The van der Waals surface area contributed by atoms with Gasteiger partial charge in [-0.2, -0.15) is 13.2 Å². The van der Waals surface area contributed by atoms with Crippen LogP contribution in [0, 0.1) is 18.8 Å². The Kier molecular flexibility index (Phi) is 8.37. The third-order valence-corrected chi connectivity index (χ3v) is 8.04. The molecular formula is C31H34F3N5O2. The van der Waals surface area contributed by atoms with Crippen LogP contribution in [0.1, 0.15) is 79.9 Å². The lowest BCUT2D eigenvalue weighted by Gasteiger charge is -2.12. The van der Waals surface area contributed by atoms with Crippen LogP contribution in [0.15, 0.2) is 47.9 Å². The van der Waals surface area contributed by atoms with Crippen LogP contribution in [-0.4, -0.2) is 44.4 Å². The van der Waals surface area contributed by atoms with Gasteiger partial charge in [0.1, 0.15) is 11.5 Å². The molecule has 216 valence electrons. The Bertz CT molecular complexity index is 1520. The maximum Gasteiger partial charge on any atom is 0.433 e. The van der Waals surface area contributed by atoms with E-state index in [9.17, 15) is 22.8 Å². The highest BCUT2D eigenvalue weighted by Crippen LogP contribution is 2.33. The third-order valence-electron chi connectivity index (χ3n) is 8.04. The van der Waals surface area contributed by atoms with E-state index >= 15 is 0 Å². The summed E-state index contributed by atoms with van der Waals surface area (Å²) in [6.45, 7) is 4.04. The van der Waals surface area contributed by atoms with Gasteiger partial charge < -0.3 is 5.32 Å². The number of aryl methyl sites for hydroxylation is 1. The number of carbonyl (C=O) groups excluding carboxylic acids is 2. The fraction of sp³-hybridized carbons (Fsp3) is 0.452. The normalized spacial score (nSPS) is 19.0. The number of nitrogens with one attached hydrogen (secondary N) is 1. The van der Waals surface area contributed by atoms with Crippen LogP contribution in [0.4, 0.5) is 24.7 Å². The van der Waals surface area contributed by atoms with Gasteiger partial charge >= 0.3 is 6.18 Å². The van der Waals surface area contributed by atoms with E-state index < -0.39 is 11.9 Å². The number of allylic oxidation sites excluding steroid dienone is 1. The van der Waals surface area contributed by atoms with Gasteiger partial charge in [-0.05, 0) is 68.7 Å². The summed E-state index contributed by atoms with van der Waals surface area (Å²) in [5.74, 6) is 1.71. The maximum atomic E-state index is 13.4. The van der Waals surface area contributed by atoms with E-state index in [4.69, 9.17) is 0 Å². The number of alkyl halides is 3. The van der Waals surface area contributed by atoms with Crippen molar-refractivity contribution in [1.29, 1.82) is 0 Å². The largest absolute Gasteiger partial charge is 0.433 e. The van der Waals surface area contributed by atoms with Crippen molar-refractivity contribution in [3.63, 3.8) is 0 Å². The number of Topliss-reactive ketones (excluding diaryl/α,β-unsaturated/α-hetero) is 2. The van der Waals surface area contributed by atoms with Crippen molar-refractivity contribution in [1.82, 2.24) is 14.4 Å². The summed E-state index contributed by atoms with van der Waals surface area (Å²) in [6.07, 6.45) is 7.99. The van der Waals surface area contributed by atoms with Crippen LogP contribution in [0.2, 0.25) is 0 Å². The molecule has 0 spiro atoms. The quantitative estimate of drug-likeness (QED) is 0.194. The molecule has 2 atom stereocenters. The highest BCUT2D eigenvalue weighted by atomic mass is 19.4. The Hall–Kier alpha value is -3.82. The van der Waals surface area contributed by atoms with Crippen molar-refractivity contribution in [2.45, 2.75) is 71.4 Å². The van der Waals surface area contributed by atoms with Gasteiger partial charge in [-0.25, -0.2) is 9.97 Å². The first kappa shape index (κ1) is 28.7. The number of halogens is 3. The van der Waals surface area contributed by atoms with E-state index in [0.29, 0.717) is 47.3 Å². The molecule has 1 N–H and O–H groups in total. The van der Waals surface area contributed by atoms with Crippen molar-refractivity contribution in [3.8, 4) is 0 Å². The molecule has 1 fully saturated rings. The van der Waals surface area contributed by atoms with Crippen molar-refractivity contribution < 1.29 is 22.8 Å². The number of nitrogens with zero attached hydrogens (tertiary/aromatic N) is 4. The van der Waals surface area contributed by atoms with Crippen molar-refractivity contribution in [3.05, 3.63) is 59.7 Å². The molecule has 0 radical (unpaired) electrons. The first-order chi connectivity index (χ1) is 19.6. The second kappa shape index (κ2) is 12.0. The van der Waals surface area contributed by atoms with Gasteiger partial charge in [0.25, 0.3) is 0 Å². The number of ketones is 2. The predicted octanol–water partition coefficient (Wildman–Crippen LogP) is 7.32. The molecule has 2 aromatic heterocycles. The molecule has 1 aromatic carbocycles. The number of aliphatic imine (C=N–C) groups is 1. The lowest BCUT2D eigenvalue weighted by molar-refractivity contribution is -0.122. The van der Waals surface area contributed by atoms with Crippen LogP contribution in [-0.2, 0) is 4.79 Å². The van der Waals surface area contributed by atoms with E-state index in [1.165, 1.54) is 18.5 Å². The minimum Gasteiger partial charge on any atom is -0.337 e. The lowest BCUT2D eigenvalue weighted by Crippen LogP contribution is -2.23. The van der Waals surface area contributed by atoms with Crippen molar-refractivity contribution in [2.75, 3.05) is 11.9 Å². The van der Waals surface area contributed by atoms with Crippen LogP contribution >= 0.6 is 0 Å². The summed E-state index contributed by atoms with van der Waals surface area (Å²) in [7, 11) is 0. The molecule has 1 aliphatic heterocycles. The number of benzene rings is 1. The van der Waals surface area contributed by atoms with Crippen LogP contribution in [0.3, 0.4) is 0 Å². The van der Waals surface area contributed by atoms with Crippen LogP contribution in [0.25, 0.3) is 11.2 Å². The van der Waals surface area contributed by atoms with Gasteiger partial charge in [0.2, 0.25) is 0 Å². The second-order valence-electron chi connectivity index (χ2n) is 11.1. The summed E-state index contributed by atoms with van der Waals surface area (Å²) in [6, 6.07) is 5.40. The zero-order chi connectivity index (χ0) is 29.1. The van der Waals surface area contributed by atoms with E-state index in [2.05, 4.69) is 27.2 Å². The third kappa shape index (κ3) is 6.41. The molecule has 3 heterocycles. The van der Waals surface area contributed by atoms with Crippen LogP contribution < -0.4 is 5.32 Å². The van der Waals surface area contributed by atoms with Crippen molar-refractivity contribution >= 4 is 40.0 Å². The van der Waals surface area contributed by atoms with E-state index in [1.807, 2.05) is 13.0 Å². The highest BCUT2D eigenvalue weighted by Gasteiger charge is 2.40. The average molecular weight is 566 g/mol. The minimum atomic E-state index is -4.55. The Balaban J connectivity index is 1.18. The van der Waals surface area contributed by atoms with E-state index in [0.717, 1.165) is 44.1 Å². The Morgan fingerprint density at radius 3 is 2.63 bits per heavy atom.